The molecule has 0 unspecified atom stereocenters. The zero-order valence-electron chi connectivity index (χ0n) is 7.19. The molecule has 4 heteroatoms. The average Bonchev–Trinajstić information content (AvgIpc) is 2.19. The molecule has 1 aromatic heterocycles. The van der Waals surface area contributed by atoms with Crippen molar-refractivity contribution in [3.63, 3.8) is 0 Å². The van der Waals surface area contributed by atoms with Gasteiger partial charge in [0.25, 0.3) is 0 Å². The first-order valence-corrected chi connectivity index (χ1v) is 5.10. The van der Waals surface area contributed by atoms with Crippen LogP contribution in [0.4, 0.5) is 5.82 Å². The molecule has 0 atom stereocenters. The Labute approximate surface area is 80.3 Å². The fourth-order valence-corrected chi connectivity index (χ4v) is 1.77. The number of aromatic nitrogens is 2. The summed E-state index contributed by atoms with van der Waals surface area (Å²) in [7, 11) is 0. The Balaban J connectivity index is 2.84. The summed E-state index contributed by atoms with van der Waals surface area (Å²) in [6, 6.07) is 7.89. The summed E-state index contributed by atoms with van der Waals surface area (Å²) < 4.78 is 0. The SMILES string of the molecule is CSc1nnc(N)c2ccccc12. The maximum atomic E-state index is 5.70. The Bertz CT molecular complexity index is 442. The first-order chi connectivity index (χ1) is 6.33. The van der Waals surface area contributed by atoms with Crippen LogP contribution in [0.3, 0.4) is 0 Å². The van der Waals surface area contributed by atoms with Crippen LogP contribution in [-0.4, -0.2) is 16.5 Å². The van der Waals surface area contributed by atoms with Crippen molar-refractivity contribution < 1.29 is 0 Å². The molecule has 0 aliphatic carbocycles. The molecule has 13 heavy (non-hydrogen) atoms. The highest BCUT2D eigenvalue weighted by Crippen LogP contribution is 2.25. The number of hydrogen-bond donors (Lipinski definition) is 1. The van der Waals surface area contributed by atoms with Crippen molar-refractivity contribution in [3.05, 3.63) is 24.3 Å². The van der Waals surface area contributed by atoms with Gasteiger partial charge < -0.3 is 5.73 Å². The summed E-state index contributed by atoms with van der Waals surface area (Å²) in [6.45, 7) is 0. The lowest BCUT2D eigenvalue weighted by molar-refractivity contribution is 0.966. The van der Waals surface area contributed by atoms with Crippen LogP contribution in [-0.2, 0) is 0 Å². The molecule has 0 fully saturated rings. The van der Waals surface area contributed by atoms with Gasteiger partial charge in [0.05, 0.1) is 0 Å². The van der Waals surface area contributed by atoms with Crippen molar-refractivity contribution in [1.29, 1.82) is 0 Å². The third-order valence-corrected chi connectivity index (χ3v) is 2.56. The Kier molecular flexibility index (Phi) is 2.06. The normalized spacial score (nSPS) is 10.5. The van der Waals surface area contributed by atoms with Crippen LogP contribution in [0.25, 0.3) is 10.8 Å². The van der Waals surface area contributed by atoms with Gasteiger partial charge in [0.1, 0.15) is 5.03 Å². The van der Waals surface area contributed by atoms with Crippen LogP contribution < -0.4 is 5.73 Å². The third kappa shape index (κ3) is 1.33. The number of thioether (sulfide) groups is 1. The molecule has 0 bridgehead atoms. The van der Waals surface area contributed by atoms with Crippen LogP contribution >= 0.6 is 11.8 Å². The first-order valence-electron chi connectivity index (χ1n) is 3.88. The molecule has 0 saturated heterocycles. The summed E-state index contributed by atoms with van der Waals surface area (Å²) in [5.41, 5.74) is 5.70. The van der Waals surface area contributed by atoms with E-state index in [1.165, 1.54) is 0 Å². The monoisotopic (exact) mass is 191 g/mol. The molecule has 0 saturated carbocycles. The fourth-order valence-electron chi connectivity index (χ4n) is 1.25. The van der Waals surface area contributed by atoms with Crippen LogP contribution in [0.5, 0.6) is 0 Å². The highest BCUT2D eigenvalue weighted by atomic mass is 32.2. The lowest BCUT2D eigenvalue weighted by Gasteiger charge is -2.02. The number of nitrogens with two attached hydrogens (primary N) is 1. The van der Waals surface area contributed by atoms with E-state index in [4.69, 9.17) is 5.73 Å². The second kappa shape index (κ2) is 3.22. The molecule has 1 heterocycles. The Morgan fingerprint density at radius 2 is 1.85 bits per heavy atom. The van der Waals surface area contributed by atoms with Crippen molar-refractivity contribution >= 4 is 28.4 Å². The summed E-state index contributed by atoms with van der Waals surface area (Å²) in [6.07, 6.45) is 1.98. The lowest BCUT2D eigenvalue weighted by atomic mass is 10.2. The Morgan fingerprint density at radius 3 is 2.54 bits per heavy atom. The van der Waals surface area contributed by atoms with Gasteiger partial charge in [-0.25, -0.2) is 0 Å². The fraction of sp³-hybridized carbons (Fsp3) is 0.111. The van der Waals surface area contributed by atoms with Gasteiger partial charge in [0, 0.05) is 10.8 Å². The number of nitrogen functional groups attached to an aromatic ring is 1. The van der Waals surface area contributed by atoms with E-state index in [9.17, 15) is 0 Å². The second-order valence-electron chi connectivity index (χ2n) is 2.64. The van der Waals surface area contributed by atoms with Gasteiger partial charge in [-0.15, -0.1) is 22.0 Å². The molecule has 2 rings (SSSR count). The summed E-state index contributed by atoms with van der Waals surface area (Å²) in [4.78, 5) is 0. The van der Waals surface area contributed by atoms with E-state index in [-0.39, 0.29) is 0 Å². The van der Waals surface area contributed by atoms with Gasteiger partial charge in [0.2, 0.25) is 0 Å². The highest BCUT2D eigenvalue weighted by molar-refractivity contribution is 7.98. The lowest BCUT2D eigenvalue weighted by Crippen LogP contribution is -1.95. The standard InChI is InChI=1S/C9H9N3S/c1-13-9-7-5-3-2-4-6(7)8(10)11-12-9/h2-5H,1H3,(H2,10,11). The summed E-state index contributed by atoms with van der Waals surface area (Å²) >= 11 is 1.58. The molecule has 0 aliphatic heterocycles. The molecule has 2 aromatic rings. The molecule has 66 valence electrons. The molecular weight excluding hydrogens is 182 g/mol. The zero-order valence-corrected chi connectivity index (χ0v) is 8.01. The molecule has 0 spiro atoms. The molecule has 2 N–H and O–H groups in total. The number of benzene rings is 1. The first kappa shape index (κ1) is 8.31. The number of anilines is 1. The maximum absolute atomic E-state index is 5.70. The van der Waals surface area contributed by atoms with E-state index < -0.39 is 0 Å². The van der Waals surface area contributed by atoms with Gasteiger partial charge in [0.15, 0.2) is 5.82 Å². The second-order valence-corrected chi connectivity index (χ2v) is 3.44. The average molecular weight is 191 g/mol. The molecule has 0 aliphatic rings. The molecule has 3 nitrogen and oxygen atoms in total. The molecular formula is C9H9N3S. The zero-order chi connectivity index (χ0) is 9.26. The predicted molar refractivity (Wildman–Crippen MR) is 55.7 cm³/mol. The van der Waals surface area contributed by atoms with Crippen molar-refractivity contribution in [3.8, 4) is 0 Å². The van der Waals surface area contributed by atoms with Gasteiger partial charge >= 0.3 is 0 Å². The summed E-state index contributed by atoms with van der Waals surface area (Å²) in [5.74, 6) is 0.494. The minimum absolute atomic E-state index is 0.494. The van der Waals surface area contributed by atoms with E-state index in [0.717, 1.165) is 15.8 Å². The van der Waals surface area contributed by atoms with E-state index >= 15 is 0 Å². The predicted octanol–water partition coefficient (Wildman–Crippen LogP) is 1.93. The molecule has 0 amide bonds. The van der Waals surface area contributed by atoms with Gasteiger partial charge in [-0.05, 0) is 6.26 Å². The quantitative estimate of drug-likeness (QED) is 0.700. The number of rotatable bonds is 1. The van der Waals surface area contributed by atoms with Gasteiger partial charge in [-0.1, -0.05) is 24.3 Å². The van der Waals surface area contributed by atoms with Crippen LogP contribution in [0.15, 0.2) is 29.3 Å². The minimum Gasteiger partial charge on any atom is -0.382 e. The minimum atomic E-state index is 0.494. The third-order valence-electron chi connectivity index (χ3n) is 1.88. The smallest absolute Gasteiger partial charge is 0.154 e. The van der Waals surface area contributed by atoms with Crippen LogP contribution in [0.1, 0.15) is 0 Å². The van der Waals surface area contributed by atoms with Crippen molar-refractivity contribution in [1.82, 2.24) is 10.2 Å². The maximum Gasteiger partial charge on any atom is 0.154 e. The Morgan fingerprint density at radius 1 is 1.15 bits per heavy atom. The van der Waals surface area contributed by atoms with Crippen molar-refractivity contribution in [2.24, 2.45) is 0 Å². The van der Waals surface area contributed by atoms with E-state index in [1.807, 2.05) is 30.5 Å². The van der Waals surface area contributed by atoms with E-state index in [1.54, 1.807) is 11.8 Å². The molecule has 0 radical (unpaired) electrons. The van der Waals surface area contributed by atoms with Crippen LogP contribution in [0, 0.1) is 0 Å². The highest BCUT2D eigenvalue weighted by Gasteiger charge is 2.04. The number of fused-ring (bicyclic) bond motifs is 1. The van der Waals surface area contributed by atoms with E-state index in [0.29, 0.717) is 5.82 Å². The van der Waals surface area contributed by atoms with Crippen LogP contribution in [0.2, 0.25) is 0 Å². The molecule has 1 aromatic carbocycles. The number of nitrogens with zero attached hydrogens (tertiary/aromatic N) is 2. The van der Waals surface area contributed by atoms with Crippen molar-refractivity contribution in [2.45, 2.75) is 5.03 Å². The largest absolute Gasteiger partial charge is 0.382 e. The van der Waals surface area contributed by atoms with E-state index in [2.05, 4.69) is 10.2 Å². The van der Waals surface area contributed by atoms with Crippen molar-refractivity contribution in [2.75, 3.05) is 12.0 Å². The number of hydrogen-bond acceptors (Lipinski definition) is 4. The van der Waals surface area contributed by atoms with Gasteiger partial charge in [-0.2, -0.15) is 0 Å². The summed E-state index contributed by atoms with van der Waals surface area (Å²) in [5, 5.41) is 10.9. The van der Waals surface area contributed by atoms with Gasteiger partial charge in [-0.3, -0.25) is 0 Å². The Hall–Kier alpha value is -1.29. The topological polar surface area (TPSA) is 51.8 Å².